The number of sulfonamides is 1. The Morgan fingerprint density at radius 3 is 2.26 bits per heavy atom. The lowest BCUT2D eigenvalue weighted by atomic mass is 9.84. The Labute approximate surface area is 144 Å². The average Bonchev–Trinajstić information content (AvgIpc) is 2.97. The molecule has 0 bridgehead atoms. The third kappa shape index (κ3) is 4.47. The minimum absolute atomic E-state index is 0.670. The molecule has 128 valence electrons. The largest absolute Gasteiger partial charge is 0.299 e. The van der Waals surface area contributed by atoms with E-state index in [-0.39, 0.29) is 0 Å². The van der Waals surface area contributed by atoms with Crippen molar-refractivity contribution in [3.8, 4) is 0 Å². The molecule has 2 aliphatic rings. The highest BCUT2D eigenvalue weighted by molar-refractivity contribution is 7.88. The number of benzene rings is 1. The van der Waals surface area contributed by atoms with E-state index in [0.29, 0.717) is 24.9 Å². The molecule has 1 aromatic carbocycles. The summed E-state index contributed by atoms with van der Waals surface area (Å²) < 4.78 is 24.8. The molecule has 2 fully saturated rings. The van der Waals surface area contributed by atoms with E-state index in [4.69, 9.17) is 11.6 Å². The lowest BCUT2D eigenvalue weighted by molar-refractivity contribution is 0.202. The van der Waals surface area contributed by atoms with Crippen molar-refractivity contribution in [1.29, 1.82) is 0 Å². The van der Waals surface area contributed by atoms with Gasteiger partial charge in [-0.3, -0.25) is 4.90 Å². The highest BCUT2D eigenvalue weighted by atomic mass is 35.5. The topological polar surface area (TPSA) is 40.6 Å². The highest BCUT2D eigenvalue weighted by Gasteiger charge is 2.33. The summed E-state index contributed by atoms with van der Waals surface area (Å²) in [5.74, 6) is 1.38. The maximum absolute atomic E-state index is 11.6. The van der Waals surface area contributed by atoms with Crippen LogP contribution >= 0.6 is 11.6 Å². The second-order valence-electron chi connectivity index (χ2n) is 6.91. The summed E-state index contributed by atoms with van der Waals surface area (Å²) in [6.07, 6.45) is 4.56. The second-order valence-corrected chi connectivity index (χ2v) is 9.33. The van der Waals surface area contributed by atoms with Crippen molar-refractivity contribution in [3.05, 3.63) is 34.9 Å². The molecule has 23 heavy (non-hydrogen) atoms. The van der Waals surface area contributed by atoms with Crippen molar-refractivity contribution in [2.24, 2.45) is 11.8 Å². The number of halogens is 1. The Balaban J connectivity index is 1.49. The summed E-state index contributed by atoms with van der Waals surface area (Å²) in [5, 5.41) is 0.783. The van der Waals surface area contributed by atoms with E-state index < -0.39 is 10.0 Å². The number of likely N-dealkylation sites (tertiary alicyclic amines) is 1. The molecule has 0 aliphatic carbocycles. The predicted octanol–water partition coefficient (Wildman–Crippen LogP) is 2.83. The van der Waals surface area contributed by atoms with Gasteiger partial charge in [0, 0.05) is 31.2 Å². The van der Waals surface area contributed by atoms with Crippen LogP contribution in [0.5, 0.6) is 0 Å². The lowest BCUT2D eigenvalue weighted by Crippen LogP contribution is -2.39. The van der Waals surface area contributed by atoms with Crippen molar-refractivity contribution in [1.82, 2.24) is 9.21 Å². The quantitative estimate of drug-likeness (QED) is 0.832. The maximum atomic E-state index is 11.6. The Morgan fingerprint density at radius 2 is 1.65 bits per heavy atom. The molecule has 4 nitrogen and oxygen atoms in total. The van der Waals surface area contributed by atoms with E-state index in [0.717, 1.165) is 37.5 Å². The summed E-state index contributed by atoms with van der Waals surface area (Å²) in [6.45, 7) is 4.63. The minimum Gasteiger partial charge on any atom is -0.299 e. The van der Waals surface area contributed by atoms with Gasteiger partial charge >= 0.3 is 0 Å². The molecular weight excluding hydrogens is 332 g/mol. The van der Waals surface area contributed by atoms with Gasteiger partial charge in [-0.2, -0.15) is 0 Å². The summed E-state index contributed by atoms with van der Waals surface area (Å²) in [4.78, 5) is 2.51. The Hall–Kier alpha value is -0.620. The second kappa shape index (κ2) is 7.09. The molecule has 0 aromatic heterocycles. The maximum Gasteiger partial charge on any atom is 0.211 e. The summed E-state index contributed by atoms with van der Waals surface area (Å²) in [6, 6.07) is 8.09. The van der Waals surface area contributed by atoms with Gasteiger partial charge in [-0.25, -0.2) is 12.7 Å². The normalized spacial score (nSPS) is 25.0. The van der Waals surface area contributed by atoms with E-state index >= 15 is 0 Å². The fraction of sp³-hybridized carbons (Fsp3) is 0.647. The molecule has 3 rings (SSSR count). The zero-order valence-corrected chi connectivity index (χ0v) is 15.2. The highest BCUT2D eigenvalue weighted by Crippen LogP contribution is 2.33. The van der Waals surface area contributed by atoms with E-state index in [1.54, 1.807) is 4.31 Å². The first-order valence-electron chi connectivity index (χ1n) is 8.34. The lowest BCUT2D eigenvalue weighted by Gasteiger charge is -2.33. The first-order valence-corrected chi connectivity index (χ1v) is 10.6. The monoisotopic (exact) mass is 356 g/mol. The van der Waals surface area contributed by atoms with E-state index in [1.165, 1.54) is 18.2 Å². The number of nitrogens with zero attached hydrogens (tertiary/aromatic N) is 2. The molecule has 0 saturated carbocycles. The van der Waals surface area contributed by atoms with Gasteiger partial charge in [0.25, 0.3) is 0 Å². The van der Waals surface area contributed by atoms with E-state index in [1.807, 2.05) is 12.1 Å². The fourth-order valence-electron chi connectivity index (χ4n) is 3.92. The van der Waals surface area contributed by atoms with Gasteiger partial charge in [0.05, 0.1) is 6.26 Å². The zero-order valence-electron chi connectivity index (χ0n) is 13.6. The van der Waals surface area contributed by atoms with E-state index in [9.17, 15) is 8.42 Å². The molecule has 0 N–H and O–H groups in total. The fourth-order valence-corrected chi connectivity index (χ4v) is 4.92. The third-order valence-electron chi connectivity index (χ3n) is 5.26. The van der Waals surface area contributed by atoms with Crippen LogP contribution in [0.25, 0.3) is 0 Å². The van der Waals surface area contributed by atoms with Gasteiger partial charge in [0.1, 0.15) is 0 Å². The molecule has 0 radical (unpaired) electrons. The van der Waals surface area contributed by atoms with Crippen LogP contribution < -0.4 is 0 Å². The van der Waals surface area contributed by atoms with Gasteiger partial charge in [0.2, 0.25) is 10.0 Å². The van der Waals surface area contributed by atoms with Crippen molar-refractivity contribution in [2.75, 3.05) is 32.4 Å². The molecule has 2 aliphatic heterocycles. The standard InChI is InChI=1S/C17H25ClN2O2S/c1-23(21,22)20-10-7-15(8-11-20)16-6-9-19(13-16)12-14-2-4-17(18)5-3-14/h2-5,15-16H,6-13H2,1H3. The molecule has 1 atom stereocenters. The number of piperidine rings is 1. The Kier molecular flexibility index (Phi) is 5.31. The summed E-state index contributed by atoms with van der Waals surface area (Å²) in [5.41, 5.74) is 1.31. The van der Waals surface area contributed by atoms with Crippen LogP contribution in [0.3, 0.4) is 0 Å². The van der Waals surface area contributed by atoms with E-state index in [2.05, 4.69) is 17.0 Å². The number of rotatable bonds is 4. The van der Waals surface area contributed by atoms with Gasteiger partial charge < -0.3 is 0 Å². The predicted molar refractivity (Wildman–Crippen MR) is 94.0 cm³/mol. The van der Waals surface area contributed by atoms with Crippen molar-refractivity contribution in [3.63, 3.8) is 0 Å². The Bertz CT molecular complexity index is 624. The van der Waals surface area contributed by atoms with Crippen LogP contribution in [0.1, 0.15) is 24.8 Å². The molecule has 0 amide bonds. The van der Waals surface area contributed by atoms with Crippen molar-refractivity contribution < 1.29 is 8.42 Å². The molecule has 2 heterocycles. The van der Waals surface area contributed by atoms with Crippen LogP contribution in [0.15, 0.2) is 24.3 Å². The Morgan fingerprint density at radius 1 is 1.04 bits per heavy atom. The molecular formula is C17H25ClN2O2S. The molecule has 1 unspecified atom stereocenters. The summed E-state index contributed by atoms with van der Waals surface area (Å²) >= 11 is 5.94. The van der Waals surface area contributed by atoms with Gasteiger partial charge in [-0.05, 0) is 55.3 Å². The summed E-state index contributed by atoms with van der Waals surface area (Å²) in [7, 11) is -3.02. The third-order valence-corrected chi connectivity index (χ3v) is 6.82. The molecule has 0 spiro atoms. The van der Waals surface area contributed by atoms with Crippen LogP contribution in [0.4, 0.5) is 0 Å². The van der Waals surface area contributed by atoms with Crippen LogP contribution in [-0.4, -0.2) is 50.1 Å². The smallest absolute Gasteiger partial charge is 0.211 e. The first kappa shape index (κ1) is 17.2. The van der Waals surface area contributed by atoms with Gasteiger partial charge in [-0.1, -0.05) is 23.7 Å². The molecule has 2 saturated heterocycles. The van der Waals surface area contributed by atoms with Crippen LogP contribution in [0, 0.1) is 11.8 Å². The SMILES string of the molecule is CS(=O)(=O)N1CCC(C2CCN(Cc3ccc(Cl)cc3)C2)CC1. The minimum atomic E-state index is -3.02. The molecule has 1 aromatic rings. The van der Waals surface area contributed by atoms with Crippen molar-refractivity contribution >= 4 is 21.6 Å². The average molecular weight is 357 g/mol. The molecule has 6 heteroatoms. The van der Waals surface area contributed by atoms with Crippen LogP contribution in [-0.2, 0) is 16.6 Å². The number of hydrogen-bond donors (Lipinski definition) is 0. The van der Waals surface area contributed by atoms with Crippen LogP contribution in [0.2, 0.25) is 5.02 Å². The van der Waals surface area contributed by atoms with Gasteiger partial charge in [-0.15, -0.1) is 0 Å². The number of hydrogen-bond acceptors (Lipinski definition) is 3. The van der Waals surface area contributed by atoms with Crippen molar-refractivity contribution in [2.45, 2.75) is 25.8 Å². The first-order chi connectivity index (χ1) is 10.9. The van der Waals surface area contributed by atoms with Gasteiger partial charge in [0.15, 0.2) is 0 Å². The zero-order chi connectivity index (χ0) is 16.4.